The largest absolute Gasteiger partial charge is 0.493 e. The van der Waals surface area contributed by atoms with E-state index in [1.54, 1.807) is 12.1 Å². The van der Waals surface area contributed by atoms with Crippen LogP contribution >= 0.6 is 0 Å². The molecule has 1 aromatic carbocycles. The molecule has 0 saturated carbocycles. The van der Waals surface area contributed by atoms with Crippen LogP contribution in [0.15, 0.2) is 12.1 Å². The van der Waals surface area contributed by atoms with Gasteiger partial charge in [-0.2, -0.15) is 5.26 Å². The van der Waals surface area contributed by atoms with Gasteiger partial charge in [-0.1, -0.05) is 6.92 Å². The van der Waals surface area contributed by atoms with Crippen molar-refractivity contribution >= 4 is 11.6 Å². The normalized spacial score (nSPS) is 18.1. The predicted molar refractivity (Wildman–Crippen MR) is 87.7 cm³/mol. The molecule has 0 aliphatic carbocycles. The van der Waals surface area contributed by atoms with Gasteiger partial charge in [-0.05, 0) is 25.3 Å². The van der Waals surface area contributed by atoms with Gasteiger partial charge in [0.15, 0.2) is 11.5 Å². The number of piperidine rings is 1. The first kappa shape index (κ1) is 17.1. The molecule has 1 amide bonds. The van der Waals surface area contributed by atoms with Crippen LogP contribution in [0.5, 0.6) is 11.5 Å². The van der Waals surface area contributed by atoms with E-state index in [0.29, 0.717) is 35.2 Å². The van der Waals surface area contributed by atoms with E-state index >= 15 is 0 Å². The highest BCUT2D eigenvalue weighted by Crippen LogP contribution is 2.33. The Hall–Kier alpha value is -2.26. The summed E-state index contributed by atoms with van der Waals surface area (Å²) in [6.07, 6.45) is 2.33. The maximum Gasteiger partial charge on any atom is 0.238 e. The van der Waals surface area contributed by atoms with Crippen LogP contribution in [-0.2, 0) is 4.79 Å². The van der Waals surface area contributed by atoms with Gasteiger partial charge in [0.25, 0.3) is 0 Å². The van der Waals surface area contributed by atoms with E-state index in [1.165, 1.54) is 20.6 Å². The van der Waals surface area contributed by atoms with E-state index < -0.39 is 0 Å². The number of nitrogens with zero attached hydrogens (tertiary/aromatic N) is 2. The maximum atomic E-state index is 12.3. The smallest absolute Gasteiger partial charge is 0.238 e. The number of anilines is 1. The molecule has 124 valence electrons. The second kappa shape index (κ2) is 7.84. The average molecular weight is 317 g/mol. The molecule has 1 atom stereocenters. The van der Waals surface area contributed by atoms with Gasteiger partial charge in [0.1, 0.15) is 6.07 Å². The number of methoxy groups -OCH3 is 2. The van der Waals surface area contributed by atoms with Crippen LogP contribution in [0.2, 0.25) is 0 Å². The molecule has 1 saturated heterocycles. The number of rotatable bonds is 5. The second-order valence-electron chi connectivity index (χ2n) is 5.90. The molecule has 1 aromatic rings. The van der Waals surface area contributed by atoms with E-state index in [-0.39, 0.29) is 5.91 Å². The van der Waals surface area contributed by atoms with Crippen LogP contribution in [0.3, 0.4) is 0 Å². The summed E-state index contributed by atoms with van der Waals surface area (Å²) in [5, 5.41) is 12.1. The molecule has 0 radical (unpaired) electrons. The number of nitrogens with one attached hydrogen (secondary N) is 1. The van der Waals surface area contributed by atoms with Gasteiger partial charge in [0, 0.05) is 18.7 Å². The van der Waals surface area contributed by atoms with Crippen LogP contribution in [-0.4, -0.2) is 44.7 Å². The van der Waals surface area contributed by atoms with Gasteiger partial charge in [-0.25, -0.2) is 0 Å². The van der Waals surface area contributed by atoms with Crippen molar-refractivity contribution in [3.8, 4) is 17.6 Å². The summed E-state index contributed by atoms with van der Waals surface area (Å²) >= 11 is 0. The van der Waals surface area contributed by atoms with Gasteiger partial charge >= 0.3 is 0 Å². The van der Waals surface area contributed by atoms with Gasteiger partial charge < -0.3 is 14.8 Å². The predicted octanol–water partition coefficient (Wildman–Crippen LogP) is 2.25. The summed E-state index contributed by atoms with van der Waals surface area (Å²) in [7, 11) is 3.03. The first-order valence-electron chi connectivity index (χ1n) is 7.75. The van der Waals surface area contributed by atoms with E-state index in [9.17, 15) is 10.1 Å². The lowest BCUT2D eigenvalue weighted by Crippen LogP contribution is -2.39. The molecule has 1 aliphatic heterocycles. The van der Waals surface area contributed by atoms with E-state index in [4.69, 9.17) is 9.47 Å². The van der Waals surface area contributed by atoms with Crippen LogP contribution in [0.1, 0.15) is 25.3 Å². The number of likely N-dealkylation sites (tertiary alicyclic amines) is 1. The van der Waals surface area contributed by atoms with Gasteiger partial charge in [0.05, 0.1) is 32.0 Å². The molecular weight excluding hydrogens is 294 g/mol. The Balaban J connectivity index is 2.09. The third-order valence-corrected chi connectivity index (χ3v) is 4.03. The molecule has 1 aliphatic rings. The minimum Gasteiger partial charge on any atom is -0.493 e. The fraction of sp³-hybridized carbons (Fsp3) is 0.529. The molecule has 0 bridgehead atoms. The minimum atomic E-state index is -0.122. The number of benzene rings is 1. The van der Waals surface area contributed by atoms with Crippen molar-refractivity contribution in [1.29, 1.82) is 5.26 Å². The Morgan fingerprint density at radius 1 is 1.39 bits per heavy atom. The maximum absolute atomic E-state index is 12.3. The van der Waals surface area contributed by atoms with Crippen molar-refractivity contribution < 1.29 is 14.3 Å². The fourth-order valence-electron chi connectivity index (χ4n) is 2.90. The first-order valence-corrected chi connectivity index (χ1v) is 7.75. The van der Waals surface area contributed by atoms with E-state index in [2.05, 4.69) is 23.2 Å². The van der Waals surface area contributed by atoms with E-state index in [1.807, 2.05) is 0 Å². The second-order valence-corrected chi connectivity index (χ2v) is 5.90. The Morgan fingerprint density at radius 3 is 2.70 bits per heavy atom. The number of ether oxygens (including phenoxy) is 2. The molecule has 1 unspecified atom stereocenters. The zero-order valence-corrected chi connectivity index (χ0v) is 13.9. The molecule has 2 rings (SSSR count). The van der Waals surface area contributed by atoms with Crippen molar-refractivity contribution in [2.75, 3.05) is 39.2 Å². The van der Waals surface area contributed by atoms with Gasteiger partial charge in [-0.3, -0.25) is 9.69 Å². The van der Waals surface area contributed by atoms with Gasteiger partial charge in [0.2, 0.25) is 5.91 Å². The summed E-state index contributed by atoms with van der Waals surface area (Å²) in [4.78, 5) is 14.4. The zero-order valence-electron chi connectivity index (χ0n) is 13.9. The molecule has 1 fully saturated rings. The average Bonchev–Trinajstić information content (AvgIpc) is 2.54. The zero-order chi connectivity index (χ0) is 16.8. The molecule has 1 N–H and O–H groups in total. The molecule has 0 spiro atoms. The first-order chi connectivity index (χ1) is 11.1. The molecule has 6 nitrogen and oxygen atoms in total. The number of amides is 1. The van der Waals surface area contributed by atoms with Crippen molar-refractivity contribution in [1.82, 2.24) is 4.90 Å². The monoisotopic (exact) mass is 317 g/mol. The molecule has 0 aromatic heterocycles. The van der Waals surface area contributed by atoms with Crippen LogP contribution in [0.25, 0.3) is 0 Å². The van der Waals surface area contributed by atoms with Crippen molar-refractivity contribution in [3.63, 3.8) is 0 Å². The Morgan fingerprint density at radius 2 is 2.09 bits per heavy atom. The summed E-state index contributed by atoms with van der Waals surface area (Å²) in [5.41, 5.74) is 0.795. The summed E-state index contributed by atoms with van der Waals surface area (Å²) in [6, 6.07) is 5.26. The lowest BCUT2D eigenvalue weighted by Gasteiger charge is -2.30. The highest BCUT2D eigenvalue weighted by atomic mass is 16.5. The number of carbonyl (C=O) groups is 1. The highest BCUT2D eigenvalue weighted by molar-refractivity contribution is 5.94. The van der Waals surface area contributed by atoms with Gasteiger partial charge in [-0.15, -0.1) is 0 Å². The third kappa shape index (κ3) is 4.36. The standard InChI is InChI=1S/C17H23N3O3/c1-12-5-4-6-20(10-12)11-17(21)19-14-8-16(23-3)15(22-2)7-13(14)9-18/h7-8,12H,4-6,10-11H2,1-3H3,(H,19,21). The lowest BCUT2D eigenvalue weighted by atomic mass is 10.0. The lowest BCUT2D eigenvalue weighted by molar-refractivity contribution is -0.117. The topological polar surface area (TPSA) is 74.6 Å². The van der Waals surface area contributed by atoms with Crippen LogP contribution in [0, 0.1) is 17.2 Å². The van der Waals surface area contributed by atoms with Crippen molar-refractivity contribution in [2.45, 2.75) is 19.8 Å². The van der Waals surface area contributed by atoms with Crippen molar-refractivity contribution in [2.24, 2.45) is 5.92 Å². The number of hydrogen-bond acceptors (Lipinski definition) is 5. The highest BCUT2D eigenvalue weighted by Gasteiger charge is 2.19. The Labute approximate surface area is 137 Å². The van der Waals surface area contributed by atoms with E-state index in [0.717, 1.165) is 19.5 Å². The molecule has 1 heterocycles. The van der Waals surface area contributed by atoms with Crippen LogP contribution in [0.4, 0.5) is 5.69 Å². The number of hydrogen-bond donors (Lipinski definition) is 1. The quantitative estimate of drug-likeness (QED) is 0.901. The SMILES string of the molecule is COc1cc(C#N)c(NC(=O)CN2CCCC(C)C2)cc1OC. The number of carbonyl (C=O) groups excluding carboxylic acids is 1. The summed E-state index contributed by atoms with van der Waals surface area (Å²) < 4.78 is 10.4. The molecule has 6 heteroatoms. The third-order valence-electron chi connectivity index (χ3n) is 4.03. The Kier molecular flexibility index (Phi) is 5.83. The Bertz CT molecular complexity index is 610. The summed E-state index contributed by atoms with van der Waals surface area (Å²) in [6.45, 7) is 4.41. The molecular formula is C17H23N3O3. The summed E-state index contributed by atoms with van der Waals surface area (Å²) in [5.74, 6) is 1.44. The number of nitriles is 1. The van der Waals surface area contributed by atoms with Crippen molar-refractivity contribution in [3.05, 3.63) is 17.7 Å². The molecule has 23 heavy (non-hydrogen) atoms. The van der Waals surface area contributed by atoms with Crippen LogP contribution < -0.4 is 14.8 Å². The minimum absolute atomic E-state index is 0.122. The fourth-order valence-corrected chi connectivity index (χ4v) is 2.90.